The number of alkyl halides is 3. The molecule has 180 valence electrons. The van der Waals surface area contributed by atoms with Crippen LogP contribution >= 0.6 is 0 Å². The Kier molecular flexibility index (Phi) is 9.32. The Morgan fingerprint density at radius 2 is 1.85 bits per heavy atom. The van der Waals surface area contributed by atoms with Crippen LogP contribution in [-0.2, 0) is 28.6 Å². The normalized spacial score (nSPS) is 12.5. The van der Waals surface area contributed by atoms with Crippen molar-refractivity contribution in [1.82, 2.24) is 0 Å². The zero-order valence-electron chi connectivity index (χ0n) is 19.0. The Hall–Kier alpha value is -3.03. The SMILES string of the molecule is CCC(C(=O)Nc1ccc(OCCCc2cccc(C(F)(F)F)c2)cc1CC(=O)O)C(C)C. The van der Waals surface area contributed by atoms with Crippen LogP contribution in [0.1, 0.15) is 50.3 Å². The van der Waals surface area contributed by atoms with Crippen LogP contribution in [-0.4, -0.2) is 23.6 Å². The van der Waals surface area contributed by atoms with Crippen molar-refractivity contribution < 1.29 is 32.6 Å². The molecule has 1 amide bonds. The average Bonchev–Trinajstić information content (AvgIpc) is 2.72. The first-order valence-corrected chi connectivity index (χ1v) is 11.0. The third kappa shape index (κ3) is 8.11. The third-order valence-electron chi connectivity index (χ3n) is 5.39. The maximum Gasteiger partial charge on any atom is 0.416 e. The first-order valence-electron chi connectivity index (χ1n) is 11.0. The van der Waals surface area contributed by atoms with Crippen LogP contribution in [0.15, 0.2) is 42.5 Å². The summed E-state index contributed by atoms with van der Waals surface area (Å²) in [5, 5.41) is 12.1. The van der Waals surface area contributed by atoms with E-state index in [2.05, 4.69) is 5.32 Å². The number of aryl methyl sites for hydroxylation is 1. The highest BCUT2D eigenvalue weighted by molar-refractivity contribution is 5.94. The zero-order valence-corrected chi connectivity index (χ0v) is 19.0. The Morgan fingerprint density at radius 1 is 1.12 bits per heavy atom. The van der Waals surface area contributed by atoms with Crippen molar-refractivity contribution in [1.29, 1.82) is 0 Å². The molecule has 0 saturated heterocycles. The number of amides is 1. The number of rotatable bonds is 11. The molecule has 2 aromatic carbocycles. The molecular weight excluding hydrogens is 435 g/mol. The van der Waals surface area contributed by atoms with Gasteiger partial charge in [0.05, 0.1) is 18.6 Å². The minimum absolute atomic E-state index is 0.150. The van der Waals surface area contributed by atoms with Crippen molar-refractivity contribution in [3.05, 3.63) is 59.2 Å². The van der Waals surface area contributed by atoms with Crippen molar-refractivity contribution in [2.75, 3.05) is 11.9 Å². The monoisotopic (exact) mass is 465 g/mol. The third-order valence-corrected chi connectivity index (χ3v) is 5.39. The van der Waals surface area contributed by atoms with E-state index in [1.54, 1.807) is 24.3 Å². The number of carbonyl (C=O) groups excluding carboxylic acids is 1. The fourth-order valence-electron chi connectivity index (χ4n) is 3.65. The van der Waals surface area contributed by atoms with E-state index < -0.39 is 17.7 Å². The van der Waals surface area contributed by atoms with Gasteiger partial charge in [0.1, 0.15) is 5.75 Å². The lowest BCUT2D eigenvalue weighted by atomic mass is 9.92. The zero-order chi connectivity index (χ0) is 24.6. The minimum atomic E-state index is -4.38. The molecule has 5 nitrogen and oxygen atoms in total. The summed E-state index contributed by atoms with van der Waals surface area (Å²) in [5.74, 6) is -0.798. The smallest absolute Gasteiger partial charge is 0.416 e. The van der Waals surface area contributed by atoms with E-state index in [0.717, 1.165) is 12.1 Å². The van der Waals surface area contributed by atoms with Gasteiger partial charge in [-0.05, 0) is 60.6 Å². The molecule has 0 bridgehead atoms. The van der Waals surface area contributed by atoms with Gasteiger partial charge in [-0.3, -0.25) is 9.59 Å². The van der Waals surface area contributed by atoms with E-state index in [0.29, 0.717) is 41.8 Å². The van der Waals surface area contributed by atoms with Gasteiger partial charge in [0.15, 0.2) is 0 Å². The number of nitrogens with one attached hydrogen (secondary N) is 1. The molecule has 0 aliphatic carbocycles. The van der Waals surface area contributed by atoms with Crippen LogP contribution in [0.4, 0.5) is 18.9 Å². The molecule has 1 unspecified atom stereocenters. The minimum Gasteiger partial charge on any atom is -0.494 e. The predicted octanol–water partition coefficient (Wildman–Crippen LogP) is 5.96. The molecule has 2 aromatic rings. The van der Waals surface area contributed by atoms with Crippen LogP contribution in [0.2, 0.25) is 0 Å². The number of anilines is 1. The molecule has 33 heavy (non-hydrogen) atoms. The van der Waals surface area contributed by atoms with E-state index >= 15 is 0 Å². The highest BCUT2D eigenvalue weighted by Gasteiger charge is 2.30. The van der Waals surface area contributed by atoms with Gasteiger partial charge < -0.3 is 15.2 Å². The number of halogens is 3. The first-order chi connectivity index (χ1) is 15.5. The highest BCUT2D eigenvalue weighted by atomic mass is 19.4. The van der Waals surface area contributed by atoms with E-state index in [9.17, 15) is 27.9 Å². The van der Waals surface area contributed by atoms with Crippen LogP contribution in [0, 0.1) is 11.8 Å². The molecule has 1 atom stereocenters. The largest absolute Gasteiger partial charge is 0.494 e. The van der Waals surface area contributed by atoms with E-state index in [1.807, 2.05) is 20.8 Å². The Bertz CT molecular complexity index is 957. The van der Waals surface area contributed by atoms with Crippen molar-refractivity contribution >= 4 is 17.6 Å². The van der Waals surface area contributed by atoms with Gasteiger partial charge in [0, 0.05) is 11.6 Å². The lowest BCUT2D eigenvalue weighted by molar-refractivity contribution is -0.138. The molecule has 0 spiro atoms. The Labute approximate surface area is 192 Å². The molecule has 0 heterocycles. The van der Waals surface area contributed by atoms with Crippen molar-refractivity contribution in [3.8, 4) is 5.75 Å². The Morgan fingerprint density at radius 3 is 2.45 bits per heavy atom. The maximum absolute atomic E-state index is 12.8. The van der Waals surface area contributed by atoms with Gasteiger partial charge in [0.25, 0.3) is 0 Å². The predicted molar refractivity (Wildman–Crippen MR) is 120 cm³/mol. The molecule has 2 rings (SSSR count). The molecule has 0 aromatic heterocycles. The molecule has 0 radical (unpaired) electrons. The van der Waals surface area contributed by atoms with Gasteiger partial charge in [-0.2, -0.15) is 13.2 Å². The molecule has 0 aliphatic rings. The van der Waals surface area contributed by atoms with Crippen LogP contribution in [0.5, 0.6) is 5.75 Å². The summed E-state index contributed by atoms with van der Waals surface area (Å²) in [7, 11) is 0. The quantitative estimate of drug-likeness (QED) is 0.401. The van der Waals surface area contributed by atoms with Crippen molar-refractivity contribution in [3.63, 3.8) is 0 Å². The molecule has 0 saturated carbocycles. The fraction of sp³-hybridized carbons (Fsp3) is 0.440. The summed E-state index contributed by atoms with van der Waals surface area (Å²) in [6.45, 7) is 6.10. The number of aliphatic carboxylic acids is 1. The summed E-state index contributed by atoms with van der Waals surface area (Å²) < 4.78 is 44.2. The van der Waals surface area contributed by atoms with Crippen molar-refractivity contribution in [2.24, 2.45) is 11.8 Å². The summed E-state index contributed by atoms with van der Waals surface area (Å²) >= 11 is 0. The van der Waals surface area contributed by atoms with Gasteiger partial charge in [-0.25, -0.2) is 0 Å². The van der Waals surface area contributed by atoms with E-state index in [4.69, 9.17) is 4.74 Å². The topological polar surface area (TPSA) is 75.6 Å². The second-order valence-electron chi connectivity index (χ2n) is 8.29. The average molecular weight is 466 g/mol. The number of carboxylic acid groups (broad SMARTS) is 1. The van der Waals surface area contributed by atoms with E-state index in [-0.39, 0.29) is 30.8 Å². The molecule has 8 heteroatoms. The second-order valence-corrected chi connectivity index (χ2v) is 8.29. The number of hydrogen-bond donors (Lipinski definition) is 2. The molecule has 2 N–H and O–H groups in total. The van der Waals surface area contributed by atoms with Crippen LogP contribution in [0.3, 0.4) is 0 Å². The lowest BCUT2D eigenvalue weighted by Gasteiger charge is -2.20. The van der Waals surface area contributed by atoms with Crippen LogP contribution in [0.25, 0.3) is 0 Å². The van der Waals surface area contributed by atoms with E-state index in [1.165, 1.54) is 6.07 Å². The molecular formula is C25H30F3NO4. The van der Waals surface area contributed by atoms with Crippen molar-refractivity contribution in [2.45, 2.75) is 52.6 Å². The summed E-state index contributed by atoms with van der Waals surface area (Å²) in [5.41, 5.74) is 0.732. The molecule has 0 fully saturated rings. The number of carbonyl (C=O) groups is 2. The van der Waals surface area contributed by atoms with Gasteiger partial charge in [-0.15, -0.1) is 0 Å². The maximum atomic E-state index is 12.8. The number of carboxylic acids is 1. The van der Waals surface area contributed by atoms with Gasteiger partial charge in [0.2, 0.25) is 5.91 Å². The summed E-state index contributed by atoms with van der Waals surface area (Å²) in [6, 6.07) is 10.0. The molecule has 0 aliphatic heterocycles. The summed E-state index contributed by atoms with van der Waals surface area (Å²) in [4.78, 5) is 23.9. The lowest BCUT2D eigenvalue weighted by Crippen LogP contribution is -2.27. The number of hydrogen-bond acceptors (Lipinski definition) is 3. The van der Waals surface area contributed by atoms with Gasteiger partial charge in [-0.1, -0.05) is 39.0 Å². The summed E-state index contributed by atoms with van der Waals surface area (Å²) in [6.07, 6.45) is -3.09. The van der Waals surface area contributed by atoms with Crippen LogP contribution < -0.4 is 10.1 Å². The number of ether oxygens (including phenoxy) is 1. The standard InChI is InChI=1S/C25H30F3NO4/c1-4-21(16(2)3)24(32)29-22-11-10-20(14-18(22)15-23(30)31)33-12-6-8-17-7-5-9-19(13-17)25(26,27)28/h5,7,9-11,13-14,16,21H,4,6,8,12,15H2,1-3H3,(H,29,32)(H,30,31). The van der Waals surface area contributed by atoms with Gasteiger partial charge >= 0.3 is 12.1 Å². The number of benzene rings is 2. The Balaban J connectivity index is 2.02. The fourth-order valence-corrected chi connectivity index (χ4v) is 3.65. The second kappa shape index (κ2) is 11.7. The first kappa shape index (κ1) is 26.2. The highest BCUT2D eigenvalue weighted by Crippen LogP contribution is 2.30.